The molecule has 1 atom stereocenters. The van der Waals surface area contributed by atoms with Crippen LogP contribution < -0.4 is 20.8 Å². The van der Waals surface area contributed by atoms with E-state index in [9.17, 15) is 4.79 Å². The predicted octanol–water partition coefficient (Wildman–Crippen LogP) is 4.93. The number of hydrogen-bond donors (Lipinski definition) is 0. The SMILES string of the molecule is Cc1cc(N2CCC(P(Br)(c3ccccc3)(c3ccccc3)c3ccccc3)C2=O)no1. The van der Waals surface area contributed by atoms with Crippen LogP contribution in [0.4, 0.5) is 5.82 Å². The van der Waals surface area contributed by atoms with Crippen LogP contribution in [-0.4, -0.2) is 23.3 Å². The summed E-state index contributed by atoms with van der Waals surface area (Å²) in [5.74, 6) is 1.35. The zero-order chi connectivity index (χ0) is 22.2. The van der Waals surface area contributed by atoms with Crippen LogP contribution in [0.25, 0.3) is 0 Å². The van der Waals surface area contributed by atoms with E-state index in [1.807, 2.05) is 31.2 Å². The van der Waals surface area contributed by atoms with Gasteiger partial charge in [0, 0.05) is 0 Å². The molecule has 32 heavy (non-hydrogen) atoms. The Hall–Kier alpha value is -2.75. The van der Waals surface area contributed by atoms with Gasteiger partial charge in [-0.2, -0.15) is 0 Å². The topological polar surface area (TPSA) is 46.3 Å². The van der Waals surface area contributed by atoms with E-state index in [0.29, 0.717) is 24.5 Å². The van der Waals surface area contributed by atoms with E-state index in [2.05, 4.69) is 93.4 Å². The molecule has 4 aromatic rings. The number of rotatable bonds is 5. The van der Waals surface area contributed by atoms with E-state index in [0.717, 1.165) is 15.9 Å². The average molecular weight is 507 g/mol. The molecule has 4 nitrogen and oxygen atoms in total. The second-order valence-corrected chi connectivity index (χ2v) is 16.9. The Morgan fingerprint density at radius 3 is 1.75 bits per heavy atom. The van der Waals surface area contributed by atoms with Gasteiger partial charge in [0.15, 0.2) is 0 Å². The van der Waals surface area contributed by atoms with Crippen LogP contribution in [0.15, 0.2) is 102 Å². The first-order valence-electron chi connectivity index (χ1n) is 10.7. The molecule has 1 unspecified atom stereocenters. The molecule has 1 aliphatic heterocycles. The zero-order valence-electron chi connectivity index (χ0n) is 17.8. The number of benzene rings is 3. The summed E-state index contributed by atoms with van der Waals surface area (Å²) in [6.07, 6.45) is 0.715. The summed E-state index contributed by atoms with van der Waals surface area (Å²) in [7, 11) is 0. The van der Waals surface area contributed by atoms with Gasteiger partial charge in [0.2, 0.25) is 0 Å². The molecule has 1 amide bonds. The Balaban J connectivity index is 1.81. The van der Waals surface area contributed by atoms with E-state index in [1.165, 1.54) is 0 Å². The van der Waals surface area contributed by atoms with Crippen molar-refractivity contribution in [1.82, 2.24) is 5.16 Å². The van der Waals surface area contributed by atoms with Gasteiger partial charge in [-0.25, -0.2) is 0 Å². The number of carbonyl (C=O) groups is 1. The second-order valence-electron chi connectivity index (χ2n) is 8.17. The first kappa shape index (κ1) is 21.1. The minimum atomic E-state index is -3.38. The summed E-state index contributed by atoms with van der Waals surface area (Å²) in [4.78, 5) is 15.9. The van der Waals surface area contributed by atoms with Crippen LogP contribution in [0.5, 0.6) is 0 Å². The van der Waals surface area contributed by atoms with Gasteiger partial charge in [-0.3, -0.25) is 0 Å². The summed E-state index contributed by atoms with van der Waals surface area (Å²) in [6.45, 7) is 2.45. The molecule has 0 aliphatic carbocycles. The number of aryl methyl sites for hydroxylation is 1. The Bertz CT molecular complexity index is 1150. The normalized spacial score (nSPS) is 17.8. The van der Waals surface area contributed by atoms with Gasteiger partial charge in [0.05, 0.1) is 0 Å². The molecule has 0 spiro atoms. The monoisotopic (exact) mass is 506 g/mol. The van der Waals surface area contributed by atoms with Gasteiger partial charge in [-0.1, -0.05) is 0 Å². The molecule has 3 aromatic carbocycles. The van der Waals surface area contributed by atoms with Gasteiger partial charge >= 0.3 is 196 Å². The number of nitrogens with zero attached hydrogens (tertiary/aromatic N) is 2. The number of carbonyl (C=O) groups excluding carboxylic acids is 1. The van der Waals surface area contributed by atoms with Crippen molar-refractivity contribution in [2.24, 2.45) is 0 Å². The maximum absolute atomic E-state index is 14.1. The molecule has 1 saturated heterocycles. The summed E-state index contributed by atoms with van der Waals surface area (Å²) >= 11 is 4.43. The second kappa shape index (κ2) is 7.99. The molecular weight excluding hydrogens is 483 g/mol. The average Bonchev–Trinajstić information content (AvgIpc) is 3.46. The van der Waals surface area contributed by atoms with Gasteiger partial charge in [0.25, 0.3) is 0 Å². The van der Waals surface area contributed by atoms with E-state index in [4.69, 9.17) is 4.52 Å². The van der Waals surface area contributed by atoms with E-state index >= 15 is 0 Å². The number of hydrogen-bond acceptors (Lipinski definition) is 3. The Morgan fingerprint density at radius 1 is 0.875 bits per heavy atom. The van der Waals surface area contributed by atoms with Crippen molar-refractivity contribution >= 4 is 48.4 Å². The molecule has 0 radical (unpaired) electrons. The van der Waals surface area contributed by atoms with Crippen molar-refractivity contribution in [3.63, 3.8) is 0 Å². The van der Waals surface area contributed by atoms with Gasteiger partial charge < -0.3 is 0 Å². The molecule has 0 bridgehead atoms. The number of halogens is 1. The van der Waals surface area contributed by atoms with Crippen molar-refractivity contribution in [2.45, 2.75) is 19.0 Å². The molecular formula is C26H24BrN2O2P. The summed E-state index contributed by atoms with van der Waals surface area (Å²) in [5.41, 5.74) is -0.273. The number of anilines is 1. The van der Waals surface area contributed by atoms with Crippen molar-refractivity contribution in [2.75, 3.05) is 11.4 Å². The van der Waals surface area contributed by atoms with E-state index < -0.39 is 5.31 Å². The van der Waals surface area contributed by atoms with Crippen molar-refractivity contribution in [1.29, 1.82) is 0 Å². The standard InChI is InChI=1S/C26H24BrN2O2P/c1-20-19-25(28-31-20)29-18-17-24(26(29)30)32(27,21-11-5-2-6-12-21,22-13-7-3-8-14-22)23-15-9-4-10-16-23/h2-16,19,24H,17-18H2,1H3. The third-order valence-corrected chi connectivity index (χ3v) is 17.2. The third kappa shape index (κ3) is 2.99. The molecule has 0 saturated carbocycles. The number of aromatic nitrogens is 1. The van der Waals surface area contributed by atoms with E-state index in [1.54, 1.807) is 4.90 Å². The third-order valence-electron chi connectivity index (χ3n) is 6.44. The van der Waals surface area contributed by atoms with Crippen LogP contribution in [0.3, 0.4) is 0 Å². The molecule has 5 rings (SSSR count). The fraction of sp³-hybridized carbons (Fsp3) is 0.154. The van der Waals surface area contributed by atoms with E-state index in [-0.39, 0.29) is 11.6 Å². The van der Waals surface area contributed by atoms with Crippen LogP contribution >= 0.6 is 20.8 Å². The van der Waals surface area contributed by atoms with Gasteiger partial charge in [-0.15, -0.1) is 0 Å². The molecule has 1 aliphatic rings. The molecule has 0 N–H and O–H groups in total. The first-order chi connectivity index (χ1) is 15.5. The Labute approximate surface area is 195 Å². The fourth-order valence-corrected chi connectivity index (χ4v) is 13.6. The molecule has 6 heteroatoms. The maximum atomic E-state index is 14.1. The number of amides is 1. The van der Waals surface area contributed by atoms with Crippen LogP contribution in [0.2, 0.25) is 0 Å². The summed E-state index contributed by atoms with van der Waals surface area (Å²) in [5, 5.41) is 4.19. The van der Waals surface area contributed by atoms with Crippen molar-refractivity contribution < 1.29 is 9.32 Å². The van der Waals surface area contributed by atoms with Crippen LogP contribution in [-0.2, 0) is 4.79 Å². The van der Waals surface area contributed by atoms with Gasteiger partial charge in [0.1, 0.15) is 0 Å². The first-order valence-corrected chi connectivity index (χ1v) is 15.0. The van der Waals surface area contributed by atoms with Crippen molar-refractivity contribution in [3.05, 3.63) is 103 Å². The molecule has 1 fully saturated rings. The van der Waals surface area contributed by atoms with Crippen molar-refractivity contribution in [3.8, 4) is 0 Å². The molecule has 1 aromatic heterocycles. The fourth-order valence-electron chi connectivity index (χ4n) is 4.97. The quantitative estimate of drug-likeness (QED) is 0.360. The molecule has 2 heterocycles. The minimum absolute atomic E-state index is 0.0735. The predicted molar refractivity (Wildman–Crippen MR) is 136 cm³/mol. The van der Waals surface area contributed by atoms with Gasteiger partial charge in [-0.05, 0) is 0 Å². The van der Waals surface area contributed by atoms with Crippen LogP contribution in [0.1, 0.15) is 12.2 Å². The summed E-state index contributed by atoms with van der Waals surface area (Å²) < 4.78 is 5.28. The Kier molecular flexibility index (Phi) is 5.27. The van der Waals surface area contributed by atoms with Crippen LogP contribution in [0, 0.1) is 6.92 Å². The zero-order valence-corrected chi connectivity index (χ0v) is 20.2. The summed E-state index contributed by atoms with van der Waals surface area (Å²) in [6, 6.07) is 33.2. The molecule has 162 valence electrons. The Morgan fingerprint density at radius 2 is 1.34 bits per heavy atom.